The predicted octanol–water partition coefficient (Wildman–Crippen LogP) is -0.640. The summed E-state index contributed by atoms with van der Waals surface area (Å²) in [5.41, 5.74) is 5.39. The highest BCUT2D eigenvalue weighted by Gasteiger charge is 2.43. The molecule has 82 valence electrons. The SMILES string of the molecule is NCCN1CC2CCCCN2S1(=O)=O. The van der Waals surface area contributed by atoms with E-state index in [9.17, 15) is 8.42 Å². The van der Waals surface area contributed by atoms with E-state index >= 15 is 0 Å². The molecule has 0 saturated carbocycles. The van der Waals surface area contributed by atoms with Gasteiger partial charge in [0.05, 0.1) is 0 Å². The van der Waals surface area contributed by atoms with Gasteiger partial charge in [-0.2, -0.15) is 17.0 Å². The van der Waals surface area contributed by atoms with Crippen molar-refractivity contribution in [1.29, 1.82) is 0 Å². The second kappa shape index (κ2) is 3.77. The first-order chi connectivity index (χ1) is 6.66. The van der Waals surface area contributed by atoms with E-state index in [0.29, 0.717) is 26.2 Å². The molecular formula is C8H17N3O2S. The normalized spacial score (nSPS) is 33.1. The van der Waals surface area contributed by atoms with E-state index in [-0.39, 0.29) is 6.04 Å². The minimum Gasteiger partial charge on any atom is -0.329 e. The van der Waals surface area contributed by atoms with Crippen LogP contribution in [0.1, 0.15) is 19.3 Å². The van der Waals surface area contributed by atoms with Gasteiger partial charge in [0, 0.05) is 32.2 Å². The van der Waals surface area contributed by atoms with Gasteiger partial charge in [0.1, 0.15) is 0 Å². The Morgan fingerprint density at radius 1 is 1.36 bits per heavy atom. The number of hydrogen-bond acceptors (Lipinski definition) is 3. The van der Waals surface area contributed by atoms with E-state index in [2.05, 4.69) is 0 Å². The molecule has 0 radical (unpaired) electrons. The molecule has 2 heterocycles. The van der Waals surface area contributed by atoms with Gasteiger partial charge in [-0.05, 0) is 12.8 Å². The highest BCUT2D eigenvalue weighted by atomic mass is 32.2. The molecule has 6 heteroatoms. The lowest BCUT2D eigenvalue weighted by atomic mass is 10.1. The summed E-state index contributed by atoms with van der Waals surface area (Å²) in [6.45, 7) is 2.18. The van der Waals surface area contributed by atoms with Gasteiger partial charge in [0.25, 0.3) is 10.2 Å². The second-order valence-corrected chi connectivity index (χ2v) is 5.80. The smallest absolute Gasteiger partial charge is 0.282 e. The summed E-state index contributed by atoms with van der Waals surface area (Å²) >= 11 is 0. The zero-order valence-corrected chi connectivity index (χ0v) is 9.04. The van der Waals surface area contributed by atoms with Gasteiger partial charge in [-0.15, -0.1) is 0 Å². The van der Waals surface area contributed by atoms with Crippen LogP contribution in [0.25, 0.3) is 0 Å². The zero-order chi connectivity index (χ0) is 10.2. The topological polar surface area (TPSA) is 66.6 Å². The van der Waals surface area contributed by atoms with Crippen LogP contribution >= 0.6 is 0 Å². The fourth-order valence-corrected chi connectivity index (χ4v) is 4.19. The fraction of sp³-hybridized carbons (Fsp3) is 1.00. The molecule has 2 aliphatic heterocycles. The van der Waals surface area contributed by atoms with E-state index in [0.717, 1.165) is 19.3 Å². The van der Waals surface area contributed by atoms with Gasteiger partial charge in [0.15, 0.2) is 0 Å². The van der Waals surface area contributed by atoms with E-state index in [1.165, 1.54) is 4.31 Å². The van der Waals surface area contributed by atoms with Gasteiger partial charge in [-0.3, -0.25) is 0 Å². The maximum absolute atomic E-state index is 11.9. The molecule has 5 nitrogen and oxygen atoms in total. The van der Waals surface area contributed by atoms with Crippen LogP contribution in [0, 0.1) is 0 Å². The molecule has 1 atom stereocenters. The van der Waals surface area contributed by atoms with Crippen LogP contribution in [-0.4, -0.2) is 49.2 Å². The Morgan fingerprint density at radius 2 is 2.14 bits per heavy atom. The molecular weight excluding hydrogens is 202 g/mol. The summed E-state index contributed by atoms with van der Waals surface area (Å²) < 4.78 is 27.0. The molecule has 0 aromatic heterocycles. The zero-order valence-electron chi connectivity index (χ0n) is 8.22. The van der Waals surface area contributed by atoms with Crippen molar-refractivity contribution >= 4 is 10.2 Å². The third kappa shape index (κ3) is 1.56. The lowest BCUT2D eigenvalue weighted by molar-refractivity contribution is 0.274. The van der Waals surface area contributed by atoms with Gasteiger partial charge < -0.3 is 5.73 Å². The molecule has 0 aromatic carbocycles. The molecule has 14 heavy (non-hydrogen) atoms. The largest absolute Gasteiger partial charge is 0.329 e. The molecule has 0 aliphatic carbocycles. The lowest BCUT2D eigenvalue weighted by Crippen LogP contribution is -2.39. The quantitative estimate of drug-likeness (QED) is 0.672. The van der Waals surface area contributed by atoms with Crippen molar-refractivity contribution in [3.8, 4) is 0 Å². The standard InChI is InChI=1S/C8H17N3O2S/c9-4-6-10-7-8-3-1-2-5-11(8)14(10,12)13/h8H,1-7,9H2. The first kappa shape index (κ1) is 10.4. The Hall–Kier alpha value is -0.170. The van der Waals surface area contributed by atoms with Crippen molar-refractivity contribution in [2.24, 2.45) is 5.73 Å². The number of nitrogens with two attached hydrogens (primary N) is 1. The minimum atomic E-state index is -3.16. The van der Waals surface area contributed by atoms with Crippen LogP contribution in [-0.2, 0) is 10.2 Å². The summed E-state index contributed by atoms with van der Waals surface area (Å²) in [6, 6.07) is 0.209. The third-order valence-corrected chi connectivity index (χ3v) is 5.05. The summed E-state index contributed by atoms with van der Waals surface area (Å²) in [4.78, 5) is 0. The third-order valence-electron chi connectivity index (χ3n) is 2.99. The number of rotatable bonds is 2. The number of hydrogen-bond donors (Lipinski definition) is 1. The van der Waals surface area contributed by atoms with Crippen LogP contribution in [0.15, 0.2) is 0 Å². The molecule has 0 aromatic rings. The second-order valence-electron chi connectivity index (χ2n) is 3.91. The lowest BCUT2D eigenvalue weighted by Gasteiger charge is -2.26. The number of fused-ring (bicyclic) bond motifs is 1. The van der Waals surface area contributed by atoms with Gasteiger partial charge >= 0.3 is 0 Å². The Balaban J connectivity index is 2.18. The first-order valence-corrected chi connectivity index (χ1v) is 6.53. The Labute approximate surface area is 85.0 Å². The summed E-state index contributed by atoms with van der Waals surface area (Å²) in [6.07, 6.45) is 3.14. The molecule has 2 saturated heterocycles. The molecule has 1 unspecified atom stereocenters. The maximum atomic E-state index is 11.9. The molecule has 2 fully saturated rings. The fourth-order valence-electron chi connectivity index (χ4n) is 2.29. The summed E-state index contributed by atoms with van der Waals surface area (Å²) in [5, 5.41) is 0. The van der Waals surface area contributed by atoms with Gasteiger partial charge in [0.2, 0.25) is 0 Å². The Morgan fingerprint density at radius 3 is 2.79 bits per heavy atom. The molecule has 0 amide bonds. The van der Waals surface area contributed by atoms with Gasteiger partial charge in [-0.25, -0.2) is 0 Å². The van der Waals surface area contributed by atoms with Crippen molar-refractivity contribution in [3.63, 3.8) is 0 Å². The summed E-state index contributed by atoms with van der Waals surface area (Å²) in [7, 11) is -3.16. The number of nitrogens with zero attached hydrogens (tertiary/aromatic N) is 2. The van der Waals surface area contributed by atoms with Crippen molar-refractivity contribution in [1.82, 2.24) is 8.61 Å². The van der Waals surface area contributed by atoms with Crippen molar-refractivity contribution in [3.05, 3.63) is 0 Å². The van der Waals surface area contributed by atoms with Crippen LogP contribution in [0.2, 0.25) is 0 Å². The van der Waals surface area contributed by atoms with E-state index in [4.69, 9.17) is 5.73 Å². The average molecular weight is 219 g/mol. The molecule has 2 rings (SSSR count). The van der Waals surface area contributed by atoms with E-state index in [1.54, 1.807) is 4.31 Å². The van der Waals surface area contributed by atoms with E-state index in [1.807, 2.05) is 0 Å². The van der Waals surface area contributed by atoms with Gasteiger partial charge in [-0.1, -0.05) is 6.42 Å². The first-order valence-electron chi connectivity index (χ1n) is 5.13. The molecule has 0 bridgehead atoms. The van der Waals surface area contributed by atoms with Crippen LogP contribution in [0.3, 0.4) is 0 Å². The average Bonchev–Trinajstić information content (AvgIpc) is 2.41. The van der Waals surface area contributed by atoms with Crippen LogP contribution in [0.5, 0.6) is 0 Å². The minimum absolute atomic E-state index is 0.209. The predicted molar refractivity (Wildman–Crippen MR) is 53.9 cm³/mol. The van der Waals surface area contributed by atoms with Crippen LogP contribution in [0.4, 0.5) is 0 Å². The molecule has 2 N–H and O–H groups in total. The van der Waals surface area contributed by atoms with Crippen molar-refractivity contribution in [2.45, 2.75) is 25.3 Å². The Bertz CT molecular complexity index is 304. The van der Waals surface area contributed by atoms with Crippen molar-refractivity contribution < 1.29 is 8.42 Å². The van der Waals surface area contributed by atoms with Crippen molar-refractivity contribution in [2.75, 3.05) is 26.2 Å². The highest BCUT2D eigenvalue weighted by molar-refractivity contribution is 7.87. The highest BCUT2D eigenvalue weighted by Crippen LogP contribution is 2.29. The maximum Gasteiger partial charge on any atom is 0.282 e. The van der Waals surface area contributed by atoms with E-state index < -0.39 is 10.2 Å². The Kier molecular flexibility index (Phi) is 2.79. The summed E-state index contributed by atoms with van der Waals surface area (Å²) in [5.74, 6) is 0. The van der Waals surface area contributed by atoms with Crippen LogP contribution < -0.4 is 5.73 Å². The molecule has 0 spiro atoms. The monoisotopic (exact) mass is 219 g/mol. The molecule has 2 aliphatic rings. The number of piperidine rings is 1.